The van der Waals surface area contributed by atoms with E-state index in [1.54, 1.807) is 22.3 Å². The van der Waals surface area contributed by atoms with Crippen LogP contribution in [0.5, 0.6) is 0 Å². The summed E-state index contributed by atoms with van der Waals surface area (Å²) in [5.41, 5.74) is 15.4. The first kappa shape index (κ1) is 20.0. The van der Waals surface area contributed by atoms with Crippen molar-refractivity contribution in [3.8, 4) is 22.3 Å². The van der Waals surface area contributed by atoms with Crippen molar-refractivity contribution in [1.29, 1.82) is 0 Å². The highest BCUT2D eigenvalue weighted by Crippen LogP contribution is 2.65. The van der Waals surface area contributed by atoms with Crippen molar-refractivity contribution < 1.29 is 0 Å². The zero-order valence-electron chi connectivity index (χ0n) is 20.8. The van der Waals surface area contributed by atoms with Crippen LogP contribution in [0.25, 0.3) is 22.3 Å². The second kappa shape index (κ2) is 7.00. The Morgan fingerprint density at radius 3 is 1.39 bits per heavy atom. The molecule has 0 heteroatoms. The highest BCUT2D eigenvalue weighted by Gasteiger charge is 2.58. The summed E-state index contributed by atoms with van der Waals surface area (Å²) in [5, 5.41) is 0. The topological polar surface area (TPSA) is 0 Å². The van der Waals surface area contributed by atoms with Crippen molar-refractivity contribution in [1.82, 2.24) is 0 Å². The monoisotopic (exact) mass is 464 g/mol. The Morgan fingerprint density at radius 2 is 0.889 bits per heavy atom. The molecule has 6 aliphatic rings. The van der Waals surface area contributed by atoms with Crippen LogP contribution in [-0.2, 0) is 18.3 Å². The summed E-state index contributed by atoms with van der Waals surface area (Å²) >= 11 is 0. The molecule has 0 unspecified atom stereocenters. The first-order chi connectivity index (χ1) is 17.8. The maximum absolute atomic E-state index is 2.65. The van der Waals surface area contributed by atoms with E-state index in [-0.39, 0.29) is 5.41 Å². The molecule has 0 heterocycles. The van der Waals surface area contributed by atoms with Crippen molar-refractivity contribution in [2.24, 2.45) is 23.7 Å². The molecule has 0 saturated heterocycles. The first-order valence-electron chi connectivity index (χ1n) is 14.2. The third-order valence-corrected chi connectivity index (χ3v) is 11.0. The van der Waals surface area contributed by atoms with E-state index in [2.05, 4.69) is 84.9 Å². The van der Waals surface area contributed by atoms with Crippen molar-refractivity contribution >= 4 is 0 Å². The number of hydrogen-bond donors (Lipinski definition) is 0. The largest absolute Gasteiger partial charge is 0.0619 e. The predicted molar refractivity (Wildman–Crippen MR) is 147 cm³/mol. The highest BCUT2D eigenvalue weighted by molar-refractivity contribution is 5.79. The van der Waals surface area contributed by atoms with Crippen molar-refractivity contribution in [2.45, 2.75) is 50.4 Å². The van der Waals surface area contributed by atoms with Gasteiger partial charge in [-0.15, -0.1) is 0 Å². The molecule has 4 bridgehead atoms. The summed E-state index contributed by atoms with van der Waals surface area (Å²) in [6, 6.07) is 33.4. The summed E-state index contributed by atoms with van der Waals surface area (Å²) in [5.74, 6) is 3.52. The third-order valence-electron chi connectivity index (χ3n) is 11.0. The quantitative estimate of drug-likeness (QED) is 0.241. The summed E-state index contributed by atoms with van der Waals surface area (Å²) < 4.78 is 0. The average Bonchev–Trinajstić information content (AvgIpc) is 3.46. The Morgan fingerprint density at radius 1 is 0.444 bits per heavy atom. The zero-order chi connectivity index (χ0) is 23.4. The van der Waals surface area contributed by atoms with Crippen LogP contribution in [-0.4, -0.2) is 0 Å². The van der Waals surface area contributed by atoms with Crippen molar-refractivity contribution in [3.05, 3.63) is 118 Å². The minimum Gasteiger partial charge on any atom is -0.0619 e. The molecule has 4 saturated carbocycles. The second-order valence-corrected chi connectivity index (χ2v) is 12.6. The maximum Gasteiger partial charge on any atom is 0.0259 e. The molecule has 0 nitrogen and oxygen atoms in total. The van der Waals surface area contributed by atoms with Gasteiger partial charge in [-0.2, -0.15) is 0 Å². The number of hydrogen-bond acceptors (Lipinski definition) is 0. The van der Waals surface area contributed by atoms with E-state index in [1.165, 1.54) is 65.5 Å². The first-order valence-corrected chi connectivity index (χ1v) is 14.2. The van der Waals surface area contributed by atoms with Crippen LogP contribution in [0.4, 0.5) is 0 Å². The summed E-state index contributed by atoms with van der Waals surface area (Å²) in [6.07, 6.45) is 9.42. The van der Waals surface area contributed by atoms with Crippen LogP contribution in [0.1, 0.15) is 65.5 Å². The lowest BCUT2D eigenvalue weighted by molar-refractivity contribution is -0.0418. The fourth-order valence-electron chi connectivity index (χ4n) is 9.84. The molecular weight excluding hydrogens is 432 g/mol. The van der Waals surface area contributed by atoms with Crippen LogP contribution in [0.15, 0.2) is 84.9 Å². The SMILES string of the molecule is c1ccc2c(c1)Cc1cc(C3(c4ccc5c(c4)Cc4ccccc4-5)C4CC5CC(C4)CC3C5)ccc1-2. The van der Waals surface area contributed by atoms with Gasteiger partial charge in [-0.25, -0.2) is 0 Å². The van der Waals surface area contributed by atoms with Crippen LogP contribution in [0.3, 0.4) is 0 Å². The number of fused-ring (bicyclic) bond motifs is 6. The molecule has 6 aliphatic carbocycles. The maximum atomic E-state index is 2.65. The molecule has 0 atom stereocenters. The average molecular weight is 465 g/mol. The Balaban J connectivity index is 1.23. The molecule has 36 heavy (non-hydrogen) atoms. The number of benzene rings is 4. The summed E-state index contributed by atoms with van der Waals surface area (Å²) in [7, 11) is 0. The normalized spacial score (nSPS) is 27.4. The molecule has 4 aromatic rings. The van der Waals surface area contributed by atoms with E-state index in [9.17, 15) is 0 Å². The molecule has 0 aliphatic heterocycles. The van der Waals surface area contributed by atoms with Gasteiger partial charge < -0.3 is 0 Å². The zero-order valence-corrected chi connectivity index (χ0v) is 20.8. The number of rotatable bonds is 2. The van der Waals surface area contributed by atoms with Crippen molar-refractivity contribution in [3.63, 3.8) is 0 Å². The molecule has 10 rings (SSSR count). The molecule has 0 aromatic heterocycles. The summed E-state index contributed by atoms with van der Waals surface area (Å²) in [4.78, 5) is 0. The van der Waals surface area contributed by atoms with Crippen LogP contribution in [0.2, 0.25) is 0 Å². The Kier molecular flexibility index (Phi) is 3.89. The second-order valence-electron chi connectivity index (χ2n) is 12.6. The minimum atomic E-state index is 0.182. The molecule has 176 valence electrons. The predicted octanol–water partition coefficient (Wildman–Crippen LogP) is 8.57. The van der Waals surface area contributed by atoms with Gasteiger partial charge in [-0.3, -0.25) is 0 Å². The molecule has 0 spiro atoms. The van der Waals surface area contributed by atoms with Crippen LogP contribution < -0.4 is 0 Å². The molecule has 0 N–H and O–H groups in total. The lowest BCUT2D eigenvalue weighted by Gasteiger charge is -2.62. The van der Waals surface area contributed by atoms with Gasteiger partial charge in [0.25, 0.3) is 0 Å². The lowest BCUT2D eigenvalue weighted by atomic mass is 9.42. The Bertz CT molecular complexity index is 1430. The smallest absolute Gasteiger partial charge is 0.0259 e. The highest BCUT2D eigenvalue weighted by atomic mass is 14.6. The minimum absolute atomic E-state index is 0.182. The van der Waals surface area contributed by atoms with Gasteiger partial charge in [-0.05, 0) is 124 Å². The fraction of sp³-hybridized carbons (Fsp3) is 0.333. The van der Waals surface area contributed by atoms with Crippen LogP contribution >= 0.6 is 0 Å². The van der Waals surface area contributed by atoms with Gasteiger partial charge in [0, 0.05) is 5.41 Å². The molecule has 4 fully saturated rings. The standard InChI is InChI=1S/C36H32/c1-3-7-32-24(5-1)18-26-20-28(9-11-34(26)32)36(30-14-22-13-23(16-30)17-31(36)15-22)29-10-12-35-27(21-29)19-25-6-2-4-8-33(25)35/h1-12,20-23,30-31H,13-19H2. The van der Waals surface area contributed by atoms with E-state index >= 15 is 0 Å². The molecule has 4 aromatic carbocycles. The van der Waals surface area contributed by atoms with E-state index in [0.29, 0.717) is 0 Å². The van der Waals surface area contributed by atoms with Gasteiger partial charge >= 0.3 is 0 Å². The van der Waals surface area contributed by atoms with Gasteiger partial charge in [-0.1, -0.05) is 84.9 Å². The van der Waals surface area contributed by atoms with Crippen molar-refractivity contribution in [2.75, 3.05) is 0 Å². The molecule has 0 radical (unpaired) electrons. The van der Waals surface area contributed by atoms with E-state index in [1.807, 2.05) is 0 Å². The van der Waals surface area contributed by atoms with Crippen LogP contribution in [0, 0.1) is 23.7 Å². The van der Waals surface area contributed by atoms with Gasteiger partial charge in [0.2, 0.25) is 0 Å². The van der Waals surface area contributed by atoms with E-state index < -0.39 is 0 Å². The molecule has 0 amide bonds. The van der Waals surface area contributed by atoms with Gasteiger partial charge in [0.05, 0.1) is 0 Å². The van der Waals surface area contributed by atoms with E-state index in [0.717, 1.165) is 36.5 Å². The third kappa shape index (κ3) is 2.51. The lowest BCUT2D eigenvalue weighted by Crippen LogP contribution is -2.56. The fourth-order valence-corrected chi connectivity index (χ4v) is 9.84. The molecular formula is C36H32. The van der Waals surface area contributed by atoms with Gasteiger partial charge in [0.1, 0.15) is 0 Å². The van der Waals surface area contributed by atoms with Gasteiger partial charge in [0.15, 0.2) is 0 Å². The Hall–Kier alpha value is -3.12. The summed E-state index contributed by atoms with van der Waals surface area (Å²) in [6.45, 7) is 0. The Labute approximate surface area is 214 Å². The van der Waals surface area contributed by atoms with E-state index in [4.69, 9.17) is 0 Å².